The van der Waals surface area contributed by atoms with Gasteiger partial charge < -0.3 is 9.84 Å². The molecule has 0 amide bonds. The molecule has 92 valence electrons. The van der Waals surface area contributed by atoms with E-state index in [9.17, 15) is 5.11 Å². The SMILES string of the molecule is COCc1nc(CC(C)C)sc1C(C)(C)O. The van der Waals surface area contributed by atoms with E-state index in [1.807, 2.05) is 0 Å². The molecule has 0 fully saturated rings. The molecule has 1 rings (SSSR count). The van der Waals surface area contributed by atoms with Crippen LogP contribution in [-0.2, 0) is 23.4 Å². The zero-order valence-electron chi connectivity index (χ0n) is 10.7. The van der Waals surface area contributed by atoms with Crippen molar-refractivity contribution in [1.29, 1.82) is 0 Å². The van der Waals surface area contributed by atoms with Crippen molar-refractivity contribution in [2.24, 2.45) is 5.92 Å². The Balaban J connectivity index is 3.00. The average molecular weight is 243 g/mol. The standard InChI is InChI=1S/C12H21NO2S/c1-8(2)6-10-13-9(7-15-5)11(16-10)12(3,4)14/h8,14H,6-7H2,1-5H3. The highest BCUT2D eigenvalue weighted by atomic mass is 32.1. The maximum Gasteiger partial charge on any atom is 0.0951 e. The number of methoxy groups -OCH3 is 1. The lowest BCUT2D eigenvalue weighted by Gasteiger charge is -2.16. The fourth-order valence-corrected chi connectivity index (χ4v) is 2.83. The van der Waals surface area contributed by atoms with Crippen molar-refractivity contribution in [3.63, 3.8) is 0 Å². The van der Waals surface area contributed by atoms with Crippen LogP contribution >= 0.6 is 11.3 Å². The van der Waals surface area contributed by atoms with Gasteiger partial charge >= 0.3 is 0 Å². The van der Waals surface area contributed by atoms with Gasteiger partial charge in [0.2, 0.25) is 0 Å². The summed E-state index contributed by atoms with van der Waals surface area (Å²) in [5.74, 6) is 0.580. The number of ether oxygens (including phenoxy) is 1. The molecule has 3 nitrogen and oxygen atoms in total. The largest absolute Gasteiger partial charge is 0.385 e. The monoisotopic (exact) mass is 243 g/mol. The molecule has 0 spiro atoms. The first kappa shape index (κ1) is 13.6. The molecule has 0 bridgehead atoms. The third kappa shape index (κ3) is 3.54. The van der Waals surface area contributed by atoms with Gasteiger partial charge in [-0.2, -0.15) is 0 Å². The van der Waals surface area contributed by atoms with Crippen LogP contribution in [0.2, 0.25) is 0 Å². The van der Waals surface area contributed by atoms with Crippen LogP contribution in [0.5, 0.6) is 0 Å². The highest BCUT2D eigenvalue weighted by Crippen LogP contribution is 2.31. The van der Waals surface area contributed by atoms with E-state index < -0.39 is 5.60 Å². The quantitative estimate of drug-likeness (QED) is 0.864. The Hall–Kier alpha value is -0.450. The van der Waals surface area contributed by atoms with Crippen LogP contribution in [0.15, 0.2) is 0 Å². The van der Waals surface area contributed by atoms with Gasteiger partial charge in [-0.3, -0.25) is 0 Å². The lowest BCUT2D eigenvalue weighted by molar-refractivity contribution is 0.0782. The van der Waals surface area contributed by atoms with E-state index in [4.69, 9.17) is 4.74 Å². The lowest BCUT2D eigenvalue weighted by Crippen LogP contribution is -2.16. The first-order valence-corrected chi connectivity index (χ1v) is 6.36. The molecule has 1 N–H and O–H groups in total. The number of hydrogen-bond acceptors (Lipinski definition) is 4. The fourth-order valence-electron chi connectivity index (χ4n) is 1.55. The van der Waals surface area contributed by atoms with Crippen molar-refractivity contribution in [3.05, 3.63) is 15.6 Å². The summed E-state index contributed by atoms with van der Waals surface area (Å²) >= 11 is 1.59. The molecule has 1 aromatic heterocycles. The van der Waals surface area contributed by atoms with E-state index in [1.54, 1.807) is 32.3 Å². The maximum absolute atomic E-state index is 10.1. The Kier molecular flexibility index (Phi) is 4.47. The second-order valence-corrected chi connectivity index (χ2v) is 6.06. The van der Waals surface area contributed by atoms with Crippen molar-refractivity contribution in [2.75, 3.05) is 7.11 Å². The number of hydrogen-bond donors (Lipinski definition) is 1. The van der Waals surface area contributed by atoms with Crippen LogP contribution in [0.25, 0.3) is 0 Å². The van der Waals surface area contributed by atoms with E-state index in [1.165, 1.54) is 0 Å². The Bertz CT molecular complexity index is 339. The fraction of sp³-hybridized carbons (Fsp3) is 0.750. The smallest absolute Gasteiger partial charge is 0.0951 e. The Morgan fingerprint density at radius 2 is 2.06 bits per heavy atom. The highest BCUT2D eigenvalue weighted by Gasteiger charge is 2.24. The molecule has 4 heteroatoms. The van der Waals surface area contributed by atoms with Gasteiger partial charge in [0.25, 0.3) is 0 Å². The molecule has 0 aromatic carbocycles. The molecule has 0 radical (unpaired) electrons. The van der Waals surface area contributed by atoms with Crippen LogP contribution in [0.4, 0.5) is 0 Å². The number of aliphatic hydroxyl groups is 1. The summed E-state index contributed by atoms with van der Waals surface area (Å²) < 4.78 is 5.12. The van der Waals surface area contributed by atoms with Crippen LogP contribution in [0.1, 0.15) is 43.3 Å². The van der Waals surface area contributed by atoms with Crippen molar-refractivity contribution in [3.8, 4) is 0 Å². The van der Waals surface area contributed by atoms with Crippen molar-refractivity contribution in [2.45, 2.75) is 46.3 Å². The lowest BCUT2D eigenvalue weighted by atomic mass is 10.1. The van der Waals surface area contributed by atoms with E-state index in [2.05, 4.69) is 18.8 Å². The average Bonchev–Trinajstić information content (AvgIpc) is 2.46. The predicted octanol–water partition coefficient (Wildman–Crippen LogP) is 2.72. The first-order chi connectivity index (χ1) is 7.34. The Morgan fingerprint density at radius 3 is 2.50 bits per heavy atom. The summed E-state index contributed by atoms with van der Waals surface area (Å²) in [5.41, 5.74) is 0.0384. The highest BCUT2D eigenvalue weighted by molar-refractivity contribution is 7.11. The summed E-state index contributed by atoms with van der Waals surface area (Å²) in [4.78, 5) is 5.46. The van der Waals surface area contributed by atoms with E-state index in [-0.39, 0.29) is 0 Å². The van der Waals surface area contributed by atoms with Gasteiger partial charge in [0, 0.05) is 13.5 Å². The van der Waals surface area contributed by atoms with Crippen molar-refractivity contribution < 1.29 is 9.84 Å². The molecule has 0 saturated heterocycles. The second-order valence-electron chi connectivity index (χ2n) is 4.97. The normalized spacial score (nSPS) is 12.4. The number of thiazole rings is 1. The van der Waals surface area contributed by atoms with E-state index >= 15 is 0 Å². The molecule has 1 heterocycles. The van der Waals surface area contributed by atoms with Crippen molar-refractivity contribution >= 4 is 11.3 Å². The van der Waals surface area contributed by atoms with Gasteiger partial charge in [-0.1, -0.05) is 13.8 Å². The summed E-state index contributed by atoms with van der Waals surface area (Å²) in [7, 11) is 1.65. The minimum Gasteiger partial charge on any atom is -0.385 e. The first-order valence-electron chi connectivity index (χ1n) is 5.55. The van der Waals surface area contributed by atoms with Crippen LogP contribution in [0.3, 0.4) is 0 Å². The minimum atomic E-state index is -0.833. The summed E-state index contributed by atoms with van der Waals surface area (Å²) in [6, 6.07) is 0. The molecule has 0 unspecified atom stereocenters. The van der Waals surface area contributed by atoms with Crippen LogP contribution in [-0.4, -0.2) is 17.2 Å². The zero-order valence-corrected chi connectivity index (χ0v) is 11.5. The Morgan fingerprint density at radius 1 is 1.44 bits per heavy atom. The van der Waals surface area contributed by atoms with Gasteiger partial charge in [-0.05, 0) is 19.8 Å². The summed E-state index contributed by atoms with van der Waals surface area (Å²) in [6.07, 6.45) is 0.956. The molecule has 0 saturated carbocycles. The summed E-state index contributed by atoms with van der Waals surface area (Å²) in [6.45, 7) is 8.38. The van der Waals surface area contributed by atoms with E-state index in [0.717, 1.165) is 22.0 Å². The van der Waals surface area contributed by atoms with Crippen LogP contribution in [0, 0.1) is 5.92 Å². The van der Waals surface area contributed by atoms with Gasteiger partial charge in [-0.25, -0.2) is 4.98 Å². The number of nitrogens with zero attached hydrogens (tertiary/aromatic N) is 1. The van der Waals surface area contributed by atoms with Crippen molar-refractivity contribution in [1.82, 2.24) is 4.98 Å². The predicted molar refractivity (Wildman–Crippen MR) is 66.6 cm³/mol. The molecular formula is C12H21NO2S. The molecule has 0 aliphatic carbocycles. The van der Waals surface area contributed by atoms with Gasteiger partial charge in [0.1, 0.15) is 0 Å². The van der Waals surface area contributed by atoms with Gasteiger partial charge in [0.05, 0.1) is 27.8 Å². The van der Waals surface area contributed by atoms with Gasteiger partial charge in [0.15, 0.2) is 0 Å². The van der Waals surface area contributed by atoms with Crippen LogP contribution < -0.4 is 0 Å². The molecule has 0 atom stereocenters. The number of aromatic nitrogens is 1. The van der Waals surface area contributed by atoms with Gasteiger partial charge in [-0.15, -0.1) is 11.3 Å². The molecule has 0 aliphatic heterocycles. The Labute approximate surface area is 101 Å². The molecule has 0 aliphatic rings. The third-order valence-corrected chi connectivity index (χ3v) is 3.59. The zero-order chi connectivity index (χ0) is 12.3. The topological polar surface area (TPSA) is 42.4 Å². The minimum absolute atomic E-state index is 0.466. The number of rotatable bonds is 5. The molecule has 16 heavy (non-hydrogen) atoms. The second kappa shape index (κ2) is 5.25. The maximum atomic E-state index is 10.1. The van der Waals surface area contributed by atoms with E-state index in [0.29, 0.717) is 12.5 Å². The third-order valence-electron chi connectivity index (χ3n) is 2.16. The molecule has 1 aromatic rings. The summed E-state index contributed by atoms with van der Waals surface area (Å²) in [5, 5.41) is 11.1. The molecular weight excluding hydrogens is 222 g/mol.